The van der Waals surface area contributed by atoms with Gasteiger partial charge < -0.3 is 4.42 Å². The van der Waals surface area contributed by atoms with Gasteiger partial charge in [-0.1, -0.05) is 60.7 Å². The third-order valence-electron chi connectivity index (χ3n) is 6.33. The number of carbonyl (C=O) groups is 1. The van der Waals surface area contributed by atoms with Crippen molar-refractivity contribution in [3.63, 3.8) is 0 Å². The summed E-state index contributed by atoms with van der Waals surface area (Å²) in [5.74, 6) is 0.925. The molecule has 0 saturated heterocycles. The lowest BCUT2D eigenvalue weighted by Gasteiger charge is -2.21. The first-order valence-electron chi connectivity index (χ1n) is 11.7. The van der Waals surface area contributed by atoms with Gasteiger partial charge in [0.1, 0.15) is 11.5 Å². The third kappa shape index (κ3) is 4.21. The van der Waals surface area contributed by atoms with E-state index in [4.69, 9.17) is 4.42 Å². The van der Waals surface area contributed by atoms with E-state index in [1.165, 1.54) is 12.1 Å². The number of hydrogen-bond acceptors (Lipinski definition) is 4. The molecule has 2 heterocycles. The average Bonchev–Trinajstić information content (AvgIpc) is 3.53. The highest BCUT2D eigenvalue weighted by atomic mass is 16.6. The standard InChI is InChI=1S/C31H20N2O4/c34-31-25(19-28-16-17-30(37-28)23-11-13-26(14-12-23)33(35)36)20-29(22-7-2-1-3-8-22)32(31)27-15-10-21-6-4-5-9-24(21)18-27/h1-20H/b25-19+. The highest BCUT2D eigenvalue weighted by Gasteiger charge is 2.30. The third-order valence-corrected chi connectivity index (χ3v) is 6.33. The number of rotatable bonds is 5. The van der Waals surface area contributed by atoms with Gasteiger partial charge in [-0.25, -0.2) is 0 Å². The fraction of sp³-hybridized carbons (Fsp3) is 0. The maximum absolute atomic E-state index is 13.7. The molecule has 5 aromatic rings. The fourth-order valence-corrected chi connectivity index (χ4v) is 4.50. The smallest absolute Gasteiger partial charge is 0.269 e. The van der Waals surface area contributed by atoms with Crippen molar-refractivity contribution in [2.45, 2.75) is 0 Å². The Labute approximate surface area is 212 Å². The Balaban J connectivity index is 1.38. The zero-order valence-corrected chi connectivity index (χ0v) is 19.6. The van der Waals surface area contributed by atoms with E-state index < -0.39 is 4.92 Å². The van der Waals surface area contributed by atoms with Gasteiger partial charge in [0.2, 0.25) is 0 Å². The topological polar surface area (TPSA) is 76.6 Å². The summed E-state index contributed by atoms with van der Waals surface area (Å²) in [6, 6.07) is 33.6. The number of nitrogens with zero attached hydrogens (tertiary/aromatic N) is 2. The van der Waals surface area contributed by atoms with Crippen molar-refractivity contribution >= 4 is 39.8 Å². The van der Waals surface area contributed by atoms with Crippen molar-refractivity contribution in [2.24, 2.45) is 0 Å². The number of hydrogen-bond donors (Lipinski definition) is 0. The predicted molar refractivity (Wildman–Crippen MR) is 145 cm³/mol. The molecule has 0 saturated carbocycles. The second-order valence-corrected chi connectivity index (χ2v) is 8.67. The molecule has 0 atom stereocenters. The number of carbonyl (C=O) groups excluding carboxylic acids is 1. The van der Waals surface area contributed by atoms with Crippen LogP contribution in [0, 0.1) is 10.1 Å². The lowest BCUT2D eigenvalue weighted by molar-refractivity contribution is -0.384. The van der Waals surface area contributed by atoms with Crippen LogP contribution in [0.3, 0.4) is 0 Å². The van der Waals surface area contributed by atoms with Gasteiger partial charge in [-0.2, -0.15) is 0 Å². The summed E-state index contributed by atoms with van der Waals surface area (Å²) < 4.78 is 5.97. The molecule has 4 aromatic carbocycles. The Morgan fingerprint density at radius 1 is 0.757 bits per heavy atom. The van der Waals surface area contributed by atoms with Gasteiger partial charge in [-0.05, 0) is 64.9 Å². The lowest BCUT2D eigenvalue weighted by atomic mass is 10.1. The number of non-ortho nitro benzene ring substituents is 1. The molecule has 1 aliphatic rings. The first-order chi connectivity index (χ1) is 18.1. The second kappa shape index (κ2) is 9.09. The summed E-state index contributed by atoms with van der Waals surface area (Å²) in [7, 11) is 0. The zero-order chi connectivity index (χ0) is 25.4. The number of amides is 1. The first-order valence-corrected chi connectivity index (χ1v) is 11.7. The first kappa shape index (κ1) is 22.2. The highest BCUT2D eigenvalue weighted by molar-refractivity contribution is 6.23. The van der Waals surface area contributed by atoms with Gasteiger partial charge in [0.05, 0.1) is 10.6 Å². The summed E-state index contributed by atoms with van der Waals surface area (Å²) in [6.45, 7) is 0. The summed E-state index contributed by atoms with van der Waals surface area (Å²) in [4.78, 5) is 25.9. The molecule has 0 radical (unpaired) electrons. The van der Waals surface area contributed by atoms with Crippen molar-refractivity contribution in [1.29, 1.82) is 0 Å². The molecular formula is C31H20N2O4. The van der Waals surface area contributed by atoms with Crippen molar-refractivity contribution in [3.05, 3.63) is 142 Å². The molecule has 0 aliphatic carbocycles. The van der Waals surface area contributed by atoms with Crippen molar-refractivity contribution < 1.29 is 14.1 Å². The van der Waals surface area contributed by atoms with Gasteiger partial charge >= 0.3 is 0 Å². The summed E-state index contributed by atoms with van der Waals surface area (Å²) >= 11 is 0. The number of benzene rings is 4. The van der Waals surface area contributed by atoms with Crippen LogP contribution in [0.2, 0.25) is 0 Å². The van der Waals surface area contributed by atoms with Gasteiger partial charge in [0, 0.05) is 29.0 Å². The molecule has 0 N–H and O–H groups in total. The quantitative estimate of drug-likeness (QED) is 0.147. The van der Waals surface area contributed by atoms with Gasteiger partial charge in [0.15, 0.2) is 0 Å². The largest absolute Gasteiger partial charge is 0.457 e. The molecule has 6 nitrogen and oxygen atoms in total. The Hall–Kier alpha value is -5.23. The van der Waals surface area contributed by atoms with Crippen LogP contribution in [0.25, 0.3) is 33.9 Å². The molecule has 0 spiro atoms. The molecule has 0 bridgehead atoms. The van der Waals surface area contributed by atoms with E-state index >= 15 is 0 Å². The van der Waals surface area contributed by atoms with Crippen LogP contribution in [0.5, 0.6) is 0 Å². The minimum absolute atomic E-state index is 0.0153. The Morgan fingerprint density at radius 3 is 2.24 bits per heavy atom. The van der Waals surface area contributed by atoms with E-state index in [0.717, 1.165) is 27.7 Å². The van der Waals surface area contributed by atoms with E-state index in [2.05, 4.69) is 0 Å². The van der Waals surface area contributed by atoms with Crippen molar-refractivity contribution in [1.82, 2.24) is 0 Å². The van der Waals surface area contributed by atoms with Gasteiger partial charge in [-0.15, -0.1) is 0 Å². The van der Waals surface area contributed by atoms with Crippen LogP contribution < -0.4 is 4.90 Å². The van der Waals surface area contributed by atoms with E-state index in [1.54, 1.807) is 35.2 Å². The Bertz CT molecular complexity index is 1710. The average molecular weight is 485 g/mol. The number of nitro benzene ring substituents is 1. The van der Waals surface area contributed by atoms with Crippen molar-refractivity contribution in [3.8, 4) is 11.3 Å². The highest BCUT2D eigenvalue weighted by Crippen LogP contribution is 2.37. The molecule has 178 valence electrons. The molecule has 1 aromatic heterocycles. The number of anilines is 1. The predicted octanol–water partition coefficient (Wildman–Crippen LogP) is 7.48. The molecule has 6 heteroatoms. The van der Waals surface area contributed by atoms with E-state index in [-0.39, 0.29) is 11.6 Å². The molecular weight excluding hydrogens is 464 g/mol. The Morgan fingerprint density at radius 2 is 1.49 bits per heavy atom. The fourth-order valence-electron chi connectivity index (χ4n) is 4.50. The van der Waals surface area contributed by atoms with Crippen LogP contribution >= 0.6 is 0 Å². The molecule has 0 fully saturated rings. The van der Waals surface area contributed by atoms with Crippen LogP contribution in [0.1, 0.15) is 11.3 Å². The maximum Gasteiger partial charge on any atom is 0.269 e. The Kier molecular flexibility index (Phi) is 5.47. The zero-order valence-electron chi connectivity index (χ0n) is 19.6. The molecule has 1 amide bonds. The number of furan rings is 1. The molecule has 0 unspecified atom stereocenters. The van der Waals surface area contributed by atoms with E-state index in [0.29, 0.717) is 22.7 Å². The molecule has 37 heavy (non-hydrogen) atoms. The van der Waals surface area contributed by atoms with Crippen LogP contribution in [-0.2, 0) is 4.79 Å². The van der Waals surface area contributed by atoms with Gasteiger partial charge in [0.25, 0.3) is 11.6 Å². The second-order valence-electron chi connectivity index (χ2n) is 8.67. The van der Waals surface area contributed by atoms with Crippen LogP contribution in [0.15, 0.2) is 125 Å². The maximum atomic E-state index is 13.7. The lowest BCUT2D eigenvalue weighted by Crippen LogP contribution is -2.24. The van der Waals surface area contributed by atoms with Gasteiger partial charge in [-0.3, -0.25) is 19.8 Å². The monoisotopic (exact) mass is 484 g/mol. The normalized spacial score (nSPS) is 14.4. The summed E-state index contributed by atoms with van der Waals surface area (Å²) in [6.07, 6.45) is 3.60. The number of fused-ring (bicyclic) bond motifs is 1. The van der Waals surface area contributed by atoms with Crippen LogP contribution in [0.4, 0.5) is 11.4 Å². The SMILES string of the molecule is O=C1/C(=C/c2ccc(-c3ccc([N+](=O)[O-])cc3)o2)C=C(c2ccccc2)N1c1ccc2ccccc2c1. The molecule has 1 aliphatic heterocycles. The minimum atomic E-state index is -0.439. The van der Waals surface area contributed by atoms with Crippen LogP contribution in [-0.4, -0.2) is 10.8 Å². The van der Waals surface area contributed by atoms with E-state index in [1.807, 2.05) is 78.9 Å². The summed E-state index contributed by atoms with van der Waals surface area (Å²) in [5, 5.41) is 13.1. The molecule has 6 rings (SSSR count). The number of nitro groups is 1. The van der Waals surface area contributed by atoms with Crippen molar-refractivity contribution in [2.75, 3.05) is 4.90 Å². The summed E-state index contributed by atoms with van der Waals surface area (Å²) in [5.41, 5.74) is 3.73. The van der Waals surface area contributed by atoms with E-state index in [9.17, 15) is 14.9 Å². The minimum Gasteiger partial charge on any atom is -0.457 e.